The molecule has 2 heterocycles. The molecule has 1 saturated heterocycles. The van der Waals surface area contributed by atoms with E-state index in [1.54, 1.807) is 17.0 Å². The summed E-state index contributed by atoms with van der Waals surface area (Å²) in [5.74, 6) is 0.807. The molecule has 7 nitrogen and oxygen atoms in total. The van der Waals surface area contributed by atoms with Crippen molar-refractivity contribution >= 4 is 17.7 Å². The Bertz CT molecular complexity index is 1110. The number of carbonyl (C=O) groups is 3. The summed E-state index contributed by atoms with van der Waals surface area (Å²) >= 11 is 0. The van der Waals surface area contributed by atoms with E-state index in [9.17, 15) is 14.4 Å². The molecule has 2 aliphatic heterocycles. The van der Waals surface area contributed by atoms with Gasteiger partial charge in [-0.2, -0.15) is 0 Å². The second-order valence-corrected chi connectivity index (χ2v) is 9.70. The standard InChI is InChI=1S/C30H37N3O4/c1-3-31(4-2)28(34)19-24-16-17-32-20-25(24)14-10-18-37-27-15-9-8-13-26(27)21-33(22-29(32)35)30(36)23-11-6-5-7-12-23/h5-15,24-25H,3-4,16-22H2,1-2H3/t24-,25-/m0/s1. The first kappa shape index (κ1) is 26.5. The summed E-state index contributed by atoms with van der Waals surface area (Å²) in [6, 6.07) is 16.7. The summed E-state index contributed by atoms with van der Waals surface area (Å²) in [5.41, 5.74) is 1.40. The Kier molecular flexibility index (Phi) is 8.99. The van der Waals surface area contributed by atoms with Crippen molar-refractivity contribution in [1.82, 2.24) is 14.7 Å². The van der Waals surface area contributed by atoms with Gasteiger partial charge in [0.25, 0.3) is 5.91 Å². The van der Waals surface area contributed by atoms with Crippen LogP contribution < -0.4 is 4.74 Å². The summed E-state index contributed by atoms with van der Waals surface area (Å²) in [6.07, 6.45) is 5.32. The number of benzene rings is 2. The molecule has 2 aromatic carbocycles. The average Bonchev–Trinajstić information content (AvgIpc) is 2.93. The van der Waals surface area contributed by atoms with E-state index in [-0.39, 0.29) is 42.6 Å². The van der Waals surface area contributed by atoms with E-state index in [1.165, 1.54) is 0 Å². The predicted octanol–water partition coefficient (Wildman–Crippen LogP) is 4.00. The van der Waals surface area contributed by atoms with Crippen molar-refractivity contribution in [3.05, 3.63) is 77.9 Å². The SMILES string of the molecule is CCN(CC)C(=O)C[C@@H]1CCN2C[C@@H]1C=CCOc1ccccc1CN(C(=O)c1ccccc1)CC2=O. The highest BCUT2D eigenvalue weighted by Gasteiger charge is 2.33. The average molecular weight is 504 g/mol. The molecule has 0 unspecified atom stereocenters. The third-order valence-electron chi connectivity index (χ3n) is 7.40. The van der Waals surface area contributed by atoms with Crippen molar-refractivity contribution in [3.63, 3.8) is 0 Å². The Labute approximate surface area is 219 Å². The van der Waals surface area contributed by atoms with Crippen LogP contribution in [0.25, 0.3) is 0 Å². The van der Waals surface area contributed by atoms with Gasteiger partial charge in [0, 0.05) is 43.7 Å². The van der Waals surface area contributed by atoms with Crippen LogP contribution in [0.3, 0.4) is 0 Å². The molecule has 4 rings (SSSR count). The molecule has 2 bridgehead atoms. The molecule has 0 spiro atoms. The number of nitrogens with zero attached hydrogens (tertiary/aromatic N) is 3. The van der Waals surface area contributed by atoms with Crippen LogP contribution in [0.5, 0.6) is 5.75 Å². The summed E-state index contributed by atoms with van der Waals surface area (Å²) in [6.45, 7) is 7.16. The second-order valence-electron chi connectivity index (χ2n) is 9.70. The molecule has 0 N–H and O–H groups in total. The minimum atomic E-state index is -0.187. The maximum absolute atomic E-state index is 13.5. The minimum absolute atomic E-state index is 0.0124. The molecule has 2 aliphatic rings. The van der Waals surface area contributed by atoms with Crippen molar-refractivity contribution in [3.8, 4) is 5.75 Å². The summed E-state index contributed by atoms with van der Waals surface area (Å²) in [5, 5.41) is 0. The second kappa shape index (κ2) is 12.6. The largest absolute Gasteiger partial charge is 0.489 e. The van der Waals surface area contributed by atoms with E-state index in [2.05, 4.69) is 6.08 Å². The molecular formula is C30H37N3O4. The van der Waals surface area contributed by atoms with Crippen molar-refractivity contribution in [1.29, 1.82) is 0 Å². The minimum Gasteiger partial charge on any atom is -0.489 e. The van der Waals surface area contributed by atoms with Crippen molar-refractivity contribution < 1.29 is 19.1 Å². The van der Waals surface area contributed by atoms with E-state index in [0.29, 0.717) is 50.5 Å². The fraction of sp³-hybridized carbons (Fsp3) is 0.433. The Morgan fingerprint density at radius 2 is 1.73 bits per heavy atom. The fourth-order valence-corrected chi connectivity index (χ4v) is 5.23. The Hall–Kier alpha value is -3.61. The number of carbonyl (C=O) groups excluding carboxylic acids is 3. The Morgan fingerprint density at radius 1 is 1.00 bits per heavy atom. The van der Waals surface area contributed by atoms with Crippen LogP contribution in [0.1, 0.15) is 42.6 Å². The number of hydrogen-bond donors (Lipinski definition) is 0. The van der Waals surface area contributed by atoms with Crippen LogP contribution in [0.15, 0.2) is 66.7 Å². The van der Waals surface area contributed by atoms with E-state index in [0.717, 1.165) is 12.0 Å². The van der Waals surface area contributed by atoms with Gasteiger partial charge in [0.1, 0.15) is 18.9 Å². The number of amides is 3. The van der Waals surface area contributed by atoms with E-state index in [1.807, 2.05) is 72.2 Å². The monoisotopic (exact) mass is 503 g/mol. The van der Waals surface area contributed by atoms with Crippen molar-refractivity contribution in [2.75, 3.05) is 39.3 Å². The first-order chi connectivity index (χ1) is 18.0. The fourth-order valence-electron chi connectivity index (χ4n) is 5.23. The third kappa shape index (κ3) is 6.59. The smallest absolute Gasteiger partial charge is 0.254 e. The van der Waals surface area contributed by atoms with Gasteiger partial charge in [-0.05, 0) is 50.3 Å². The lowest BCUT2D eigenvalue weighted by atomic mass is 9.82. The Morgan fingerprint density at radius 3 is 2.49 bits per heavy atom. The molecule has 2 atom stereocenters. The number of para-hydroxylation sites is 1. The lowest BCUT2D eigenvalue weighted by Gasteiger charge is -2.38. The topological polar surface area (TPSA) is 70.2 Å². The maximum Gasteiger partial charge on any atom is 0.254 e. The maximum atomic E-state index is 13.5. The summed E-state index contributed by atoms with van der Waals surface area (Å²) in [4.78, 5) is 45.2. The van der Waals surface area contributed by atoms with Crippen LogP contribution in [0, 0.1) is 11.8 Å². The quantitative estimate of drug-likeness (QED) is 0.579. The summed E-state index contributed by atoms with van der Waals surface area (Å²) in [7, 11) is 0. The van der Waals surface area contributed by atoms with Gasteiger partial charge in [0.05, 0.1) is 6.54 Å². The first-order valence-corrected chi connectivity index (χ1v) is 13.3. The zero-order chi connectivity index (χ0) is 26.2. The van der Waals surface area contributed by atoms with E-state index >= 15 is 0 Å². The highest BCUT2D eigenvalue weighted by Crippen LogP contribution is 2.30. The molecule has 7 heteroatoms. The van der Waals surface area contributed by atoms with Gasteiger partial charge in [0.2, 0.25) is 11.8 Å². The van der Waals surface area contributed by atoms with Crippen LogP contribution >= 0.6 is 0 Å². The van der Waals surface area contributed by atoms with Crippen LogP contribution in [-0.4, -0.2) is 71.8 Å². The lowest BCUT2D eigenvalue weighted by Crippen LogP contribution is -2.48. The molecule has 2 aromatic rings. The van der Waals surface area contributed by atoms with E-state index in [4.69, 9.17) is 4.74 Å². The first-order valence-electron chi connectivity index (χ1n) is 13.3. The van der Waals surface area contributed by atoms with Gasteiger partial charge >= 0.3 is 0 Å². The number of rotatable bonds is 5. The number of piperidine rings is 1. The molecule has 37 heavy (non-hydrogen) atoms. The summed E-state index contributed by atoms with van der Waals surface area (Å²) < 4.78 is 6.09. The zero-order valence-corrected chi connectivity index (χ0v) is 21.8. The van der Waals surface area contributed by atoms with Crippen molar-refractivity contribution in [2.45, 2.75) is 33.2 Å². The van der Waals surface area contributed by atoms with Gasteiger partial charge in [0.15, 0.2) is 0 Å². The van der Waals surface area contributed by atoms with Crippen LogP contribution in [-0.2, 0) is 16.1 Å². The molecule has 3 amide bonds. The van der Waals surface area contributed by atoms with Gasteiger partial charge in [-0.1, -0.05) is 48.6 Å². The molecule has 0 aromatic heterocycles. The van der Waals surface area contributed by atoms with Gasteiger partial charge in [-0.25, -0.2) is 0 Å². The van der Waals surface area contributed by atoms with Gasteiger partial charge in [-0.15, -0.1) is 0 Å². The van der Waals surface area contributed by atoms with Gasteiger partial charge in [-0.3, -0.25) is 14.4 Å². The zero-order valence-electron chi connectivity index (χ0n) is 21.8. The molecule has 0 aliphatic carbocycles. The van der Waals surface area contributed by atoms with E-state index < -0.39 is 0 Å². The highest BCUT2D eigenvalue weighted by atomic mass is 16.5. The van der Waals surface area contributed by atoms with Gasteiger partial charge < -0.3 is 19.4 Å². The Balaban J connectivity index is 1.60. The molecule has 0 saturated carbocycles. The van der Waals surface area contributed by atoms with Crippen LogP contribution in [0.4, 0.5) is 0 Å². The number of ether oxygens (including phenoxy) is 1. The van der Waals surface area contributed by atoms with Crippen molar-refractivity contribution in [2.24, 2.45) is 11.8 Å². The molecule has 196 valence electrons. The normalized spacial score (nSPS) is 20.1. The molecular weight excluding hydrogens is 466 g/mol. The highest BCUT2D eigenvalue weighted by molar-refractivity contribution is 5.96. The van der Waals surface area contributed by atoms with Crippen LogP contribution in [0.2, 0.25) is 0 Å². The predicted molar refractivity (Wildman–Crippen MR) is 143 cm³/mol. The number of hydrogen-bond acceptors (Lipinski definition) is 4. The molecule has 1 fully saturated rings. The molecule has 0 radical (unpaired) electrons. The lowest BCUT2D eigenvalue weighted by molar-refractivity contribution is -0.135. The number of fused-ring (bicyclic) bond motifs is 3. The third-order valence-corrected chi connectivity index (χ3v) is 7.40.